The van der Waals surface area contributed by atoms with Crippen molar-refractivity contribution < 1.29 is 37.3 Å². The number of ether oxygens (including phenoxy) is 1. The number of hydrogen-bond donors (Lipinski definition) is 2. The monoisotopic (exact) mass is 1130 g/mol. The maximum Gasteiger partial charge on any atom is 0.472 e. The average molecular weight is 1130 g/mol. The van der Waals surface area contributed by atoms with Crippen LogP contribution < -0.4 is 5.32 Å². The zero-order chi connectivity index (χ0) is 57.9. The van der Waals surface area contributed by atoms with E-state index in [0.717, 1.165) is 109 Å². The summed E-state index contributed by atoms with van der Waals surface area (Å²) in [6.07, 6.45) is 77.1. The number of likely N-dealkylation sites (N-methyl/N-ethyl adjacent to an activating group) is 1. The Morgan fingerprint density at radius 1 is 0.443 bits per heavy atom. The molecule has 0 fully saturated rings. The Hall–Kier alpha value is -2.81. The summed E-state index contributed by atoms with van der Waals surface area (Å²) >= 11 is 0. The Kier molecular flexibility index (Phi) is 56.3. The summed E-state index contributed by atoms with van der Waals surface area (Å²) in [4.78, 5) is 37.8. The van der Waals surface area contributed by atoms with Crippen LogP contribution in [0.15, 0.2) is 85.1 Å². The van der Waals surface area contributed by atoms with E-state index >= 15 is 0 Å². The van der Waals surface area contributed by atoms with Gasteiger partial charge in [0.15, 0.2) is 0 Å². The molecule has 0 aromatic heterocycles. The second-order valence-electron chi connectivity index (χ2n) is 23.3. The second kappa shape index (κ2) is 58.4. The van der Waals surface area contributed by atoms with Gasteiger partial charge in [0, 0.05) is 12.8 Å². The number of allylic oxidation sites excluding steroid dienone is 13. The molecule has 0 aromatic carbocycles. The Morgan fingerprint density at radius 3 is 1.18 bits per heavy atom. The van der Waals surface area contributed by atoms with E-state index < -0.39 is 20.0 Å². The lowest BCUT2D eigenvalue weighted by Crippen LogP contribution is -2.47. The van der Waals surface area contributed by atoms with E-state index in [9.17, 15) is 19.0 Å². The number of amides is 1. The molecule has 0 aliphatic rings. The van der Waals surface area contributed by atoms with Gasteiger partial charge in [-0.05, 0) is 109 Å². The number of phosphoric acid groups is 1. The van der Waals surface area contributed by atoms with Crippen LogP contribution in [-0.2, 0) is 27.9 Å². The van der Waals surface area contributed by atoms with Gasteiger partial charge in [-0.3, -0.25) is 18.6 Å². The third-order valence-corrected chi connectivity index (χ3v) is 15.3. The zero-order valence-electron chi connectivity index (χ0n) is 52.3. The Labute approximate surface area is 488 Å². The zero-order valence-corrected chi connectivity index (χ0v) is 53.2. The normalized spacial score (nSPS) is 14.2. The highest BCUT2D eigenvalue weighted by atomic mass is 31.2. The van der Waals surface area contributed by atoms with Gasteiger partial charge in [-0.25, -0.2) is 4.57 Å². The highest BCUT2D eigenvalue weighted by molar-refractivity contribution is 7.47. The predicted octanol–water partition coefficient (Wildman–Crippen LogP) is 20.6. The van der Waals surface area contributed by atoms with E-state index in [4.69, 9.17) is 13.8 Å². The molecule has 3 unspecified atom stereocenters. The van der Waals surface area contributed by atoms with Gasteiger partial charge in [0.2, 0.25) is 5.91 Å². The standard InChI is InChI=1S/C69H125N2O7P/c1-7-10-13-16-19-22-25-28-30-32-33-34-35-36-37-39-41-44-47-50-53-56-59-62-69(73)78-67(60-57-54-51-48-45-42-27-24-21-18-15-12-9-3)66(65-77-79(74,75)76-64-63-71(4,5)6)70-68(72)61-58-55-52-49-46-43-40-38-31-29-26-23-20-17-14-11-8-2/h19-20,22-23,28-31,33-34,36-37,57,60,66-67H,7-18,21,24-27,32,35,38-56,58-59,61-65H2,1-6H3,(H-,70,72,74,75)/p+1/b22-19-,23-20-,30-28-,31-29-,34-33-,37-36-,60-57-. The number of carbonyl (C=O) groups is 2. The number of quaternary nitrogens is 1. The second-order valence-corrected chi connectivity index (χ2v) is 24.7. The first-order chi connectivity index (χ1) is 38.4. The quantitative estimate of drug-likeness (QED) is 0.0205. The molecule has 0 heterocycles. The molecular weight excluding hydrogens is 1000 g/mol. The minimum atomic E-state index is -4.46. The van der Waals surface area contributed by atoms with Crippen molar-refractivity contribution in [1.29, 1.82) is 0 Å². The minimum absolute atomic E-state index is 0.0336. The Balaban J connectivity index is 5.25. The van der Waals surface area contributed by atoms with Crippen LogP contribution >= 0.6 is 7.82 Å². The van der Waals surface area contributed by atoms with E-state index in [0.29, 0.717) is 17.4 Å². The number of rotatable bonds is 59. The molecule has 0 rings (SSSR count). The molecule has 0 saturated carbocycles. The maximum atomic E-state index is 13.6. The van der Waals surface area contributed by atoms with Gasteiger partial charge in [0.25, 0.3) is 0 Å². The summed E-state index contributed by atoms with van der Waals surface area (Å²) in [5.41, 5.74) is 0. The molecule has 0 spiro atoms. The largest absolute Gasteiger partial charge is 0.472 e. The lowest BCUT2D eigenvalue weighted by Gasteiger charge is -2.27. The summed E-state index contributed by atoms with van der Waals surface area (Å²) in [6.45, 7) is 6.96. The van der Waals surface area contributed by atoms with E-state index in [-0.39, 0.29) is 31.5 Å². The van der Waals surface area contributed by atoms with Gasteiger partial charge >= 0.3 is 13.8 Å². The number of nitrogens with zero attached hydrogens (tertiary/aromatic N) is 1. The van der Waals surface area contributed by atoms with Crippen molar-refractivity contribution >= 4 is 19.7 Å². The number of unbranched alkanes of at least 4 members (excludes halogenated alkanes) is 31. The van der Waals surface area contributed by atoms with Crippen molar-refractivity contribution in [2.45, 2.75) is 303 Å². The maximum absolute atomic E-state index is 13.6. The van der Waals surface area contributed by atoms with Crippen LogP contribution in [0.5, 0.6) is 0 Å². The van der Waals surface area contributed by atoms with Crippen LogP contribution in [0.25, 0.3) is 0 Å². The Bertz CT molecular complexity index is 1630. The Morgan fingerprint density at radius 2 is 0.772 bits per heavy atom. The van der Waals surface area contributed by atoms with Crippen molar-refractivity contribution in [2.75, 3.05) is 40.9 Å². The van der Waals surface area contributed by atoms with Crippen LogP contribution in [0.2, 0.25) is 0 Å². The molecule has 0 aliphatic heterocycles. The third kappa shape index (κ3) is 59.6. The van der Waals surface area contributed by atoms with Crippen molar-refractivity contribution in [3.8, 4) is 0 Å². The summed E-state index contributed by atoms with van der Waals surface area (Å²) in [5.74, 6) is -0.524. The third-order valence-electron chi connectivity index (χ3n) is 14.3. The highest BCUT2D eigenvalue weighted by Crippen LogP contribution is 2.43. The van der Waals surface area contributed by atoms with E-state index in [1.165, 1.54) is 148 Å². The number of hydrogen-bond acceptors (Lipinski definition) is 6. The number of phosphoric ester groups is 1. The lowest BCUT2D eigenvalue weighted by atomic mass is 10.0. The lowest BCUT2D eigenvalue weighted by molar-refractivity contribution is -0.870. The van der Waals surface area contributed by atoms with Crippen LogP contribution in [-0.4, -0.2) is 74.3 Å². The van der Waals surface area contributed by atoms with Crippen LogP contribution in [0, 0.1) is 0 Å². The first-order valence-corrected chi connectivity index (χ1v) is 34.4. The number of esters is 1. The van der Waals surface area contributed by atoms with Crippen molar-refractivity contribution in [2.24, 2.45) is 0 Å². The molecule has 2 N–H and O–H groups in total. The fourth-order valence-electron chi connectivity index (χ4n) is 9.19. The molecule has 10 heteroatoms. The predicted molar refractivity (Wildman–Crippen MR) is 341 cm³/mol. The fraction of sp³-hybridized carbons (Fsp3) is 0.768. The van der Waals surface area contributed by atoms with Crippen molar-refractivity contribution in [3.63, 3.8) is 0 Å². The average Bonchev–Trinajstić information content (AvgIpc) is 3.41. The molecule has 0 aromatic rings. The first-order valence-electron chi connectivity index (χ1n) is 32.9. The van der Waals surface area contributed by atoms with Gasteiger partial charge in [0.1, 0.15) is 19.3 Å². The van der Waals surface area contributed by atoms with E-state index in [2.05, 4.69) is 99.0 Å². The van der Waals surface area contributed by atoms with Crippen molar-refractivity contribution in [1.82, 2.24) is 5.32 Å². The van der Waals surface area contributed by atoms with Crippen molar-refractivity contribution in [3.05, 3.63) is 85.1 Å². The van der Waals surface area contributed by atoms with Gasteiger partial charge in [0.05, 0.1) is 33.8 Å². The summed E-state index contributed by atoms with van der Waals surface area (Å²) in [6, 6.07) is -0.862. The van der Waals surface area contributed by atoms with Gasteiger partial charge in [-0.2, -0.15) is 0 Å². The molecule has 1 amide bonds. The first kappa shape index (κ1) is 76.2. The van der Waals surface area contributed by atoms with Gasteiger partial charge in [-0.1, -0.05) is 254 Å². The molecule has 9 nitrogen and oxygen atoms in total. The fourth-order valence-corrected chi connectivity index (χ4v) is 9.93. The summed E-state index contributed by atoms with van der Waals surface area (Å²) in [7, 11) is 1.48. The number of nitrogens with one attached hydrogen (secondary N) is 1. The van der Waals surface area contributed by atoms with E-state index in [1.54, 1.807) is 0 Å². The molecule has 0 saturated heterocycles. The molecule has 0 radical (unpaired) electrons. The van der Waals surface area contributed by atoms with E-state index in [1.807, 2.05) is 33.3 Å². The number of carbonyl (C=O) groups excluding carboxylic acids is 2. The topological polar surface area (TPSA) is 111 Å². The smallest absolute Gasteiger partial charge is 0.456 e. The molecule has 0 bridgehead atoms. The summed E-state index contributed by atoms with van der Waals surface area (Å²) < 4.78 is 30.8. The minimum Gasteiger partial charge on any atom is -0.456 e. The van der Waals surface area contributed by atoms with Crippen LogP contribution in [0.4, 0.5) is 0 Å². The molecular formula is C69H126N2O7P+. The molecule has 458 valence electrons. The molecule has 79 heavy (non-hydrogen) atoms. The van der Waals surface area contributed by atoms with Crippen LogP contribution in [0.1, 0.15) is 290 Å². The molecule has 0 aliphatic carbocycles. The van der Waals surface area contributed by atoms with Gasteiger partial charge < -0.3 is 19.4 Å². The SMILES string of the molecule is CCCCC/C=C\C/C=C\C/C=C\C/C=C\CCCCCCCCCC(=O)OC(/C=C\CCCCCCCCCCCCC)C(COP(=O)(O)OCC[N+](C)(C)C)NC(=O)CCCCCCCCC/C=C\C/C=C\CCCCC. The summed E-state index contributed by atoms with van der Waals surface area (Å²) in [5, 5.41) is 3.06. The molecule has 3 atom stereocenters. The van der Waals surface area contributed by atoms with Crippen LogP contribution in [0.3, 0.4) is 0 Å². The highest BCUT2D eigenvalue weighted by Gasteiger charge is 2.30. The van der Waals surface area contributed by atoms with Gasteiger partial charge in [-0.15, -0.1) is 0 Å².